The first-order valence-electron chi connectivity index (χ1n) is 7.63. The summed E-state index contributed by atoms with van der Waals surface area (Å²) in [6.07, 6.45) is 6.63. The number of allylic oxidation sites excluding steroid dienone is 5. The molecule has 3 aliphatic rings. The second-order valence-electron chi connectivity index (χ2n) is 6.52. The minimum Gasteiger partial charge on any atom is -0.288 e. The average Bonchev–Trinajstić information content (AvgIpc) is 2.91. The van der Waals surface area contributed by atoms with E-state index in [9.17, 15) is 8.78 Å². The molecule has 2 aliphatic carbocycles. The summed E-state index contributed by atoms with van der Waals surface area (Å²) in [6.45, 7) is 4.13. The maximum Gasteiger partial charge on any atom is 0.252 e. The third-order valence-electron chi connectivity index (χ3n) is 4.82. The summed E-state index contributed by atoms with van der Waals surface area (Å²) in [5.74, 6) is -2.61. The fraction of sp³-hybridized carbons (Fsp3) is 0.412. The summed E-state index contributed by atoms with van der Waals surface area (Å²) in [7, 11) is 0. The van der Waals surface area contributed by atoms with E-state index in [1.807, 2.05) is 12.1 Å². The van der Waals surface area contributed by atoms with Crippen molar-refractivity contribution in [2.45, 2.75) is 37.1 Å². The first-order valence-corrected chi connectivity index (χ1v) is 8.01. The zero-order valence-electron chi connectivity index (χ0n) is 12.5. The molecule has 0 amide bonds. The fourth-order valence-corrected chi connectivity index (χ4v) is 3.98. The van der Waals surface area contributed by atoms with Gasteiger partial charge in [0.1, 0.15) is 0 Å². The van der Waals surface area contributed by atoms with Gasteiger partial charge in [-0.2, -0.15) is 5.10 Å². The van der Waals surface area contributed by atoms with E-state index >= 15 is 0 Å². The number of nitrogens with zero attached hydrogens (tertiary/aromatic N) is 3. The zero-order valence-corrected chi connectivity index (χ0v) is 13.3. The number of hydrogen-bond donors (Lipinski definition) is 0. The van der Waals surface area contributed by atoms with Gasteiger partial charge in [0.2, 0.25) is 0 Å². The molecule has 120 valence electrons. The van der Waals surface area contributed by atoms with Crippen molar-refractivity contribution in [3.05, 3.63) is 46.8 Å². The van der Waals surface area contributed by atoms with E-state index < -0.39 is 11.5 Å². The van der Waals surface area contributed by atoms with Gasteiger partial charge in [0.15, 0.2) is 0 Å². The standard InChI is InChI=1S/C17H16ClF2N3/c1-2-11-3-4-12(5-14(11)18)15-6-13-7-21-10-16(23(13)22-15)8-17(19,20)9-16/h2,5-7H,1,3-4,8-10H2. The highest BCUT2D eigenvalue weighted by atomic mass is 35.5. The van der Waals surface area contributed by atoms with E-state index in [0.29, 0.717) is 11.6 Å². The van der Waals surface area contributed by atoms with Crippen LogP contribution >= 0.6 is 11.6 Å². The van der Waals surface area contributed by atoms with Crippen molar-refractivity contribution >= 4 is 23.4 Å². The maximum atomic E-state index is 13.4. The lowest BCUT2D eigenvalue weighted by Crippen LogP contribution is -2.57. The molecule has 1 aromatic heterocycles. The van der Waals surface area contributed by atoms with Gasteiger partial charge in [0.05, 0.1) is 23.5 Å². The summed E-state index contributed by atoms with van der Waals surface area (Å²) in [5.41, 5.74) is 2.97. The molecule has 0 N–H and O–H groups in total. The van der Waals surface area contributed by atoms with Crippen molar-refractivity contribution in [1.29, 1.82) is 0 Å². The molecule has 23 heavy (non-hydrogen) atoms. The number of aromatic nitrogens is 2. The van der Waals surface area contributed by atoms with Gasteiger partial charge in [0, 0.05) is 24.1 Å². The van der Waals surface area contributed by atoms with Crippen molar-refractivity contribution in [1.82, 2.24) is 9.78 Å². The minimum atomic E-state index is -2.61. The minimum absolute atomic E-state index is 0.189. The molecule has 0 unspecified atom stereocenters. The smallest absolute Gasteiger partial charge is 0.252 e. The molecule has 1 aliphatic heterocycles. The molecule has 0 aromatic carbocycles. The fourth-order valence-electron chi connectivity index (χ4n) is 3.68. The molecule has 3 nitrogen and oxygen atoms in total. The third kappa shape index (κ3) is 2.29. The Kier molecular flexibility index (Phi) is 3.14. The van der Waals surface area contributed by atoms with Gasteiger partial charge in [-0.15, -0.1) is 0 Å². The summed E-state index contributed by atoms with van der Waals surface area (Å²) in [4.78, 5) is 4.27. The summed E-state index contributed by atoms with van der Waals surface area (Å²) in [6, 6.07) is 1.91. The Morgan fingerprint density at radius 1 is 1.30 bits per heavy atom. The predicted octanol–water partition coefficient (Wildman–Crippen LogP) is 4.30. The highest BCUT2D eigenvalue weighted by Crippen LogP contribution is 2.51. The van der Waals surface area contributed by atoms with E-state index in [0.717, 1.165) is 35.4 Å². The van der Waals surface area contributed by atoms with Crippen LogP contribution < -0.4 is 0 Å². The lowest BCUT2D eigenvalue weighted by molar-refractivity contribution is -0.153. The zero-order chi connectivity index (χ0) is 16.2. The largest absolute Gasteiger partial charge is 0.288 e. The van der Waals surface area contributed by atoms with E-state index in [4.69, 9.17) is 11.6 Å². The van der Waals surface area contributed by atoms with Crippen LogP contribution in [0.3, 0.4) is 0 Å². The highest BCUT2D eigenvalue weighted by molar-refractivity contribution is 6.32. The van der Waals surface area contributed by atoms with Crippen LogP contribution in [0.2, 0.25) is 0 Å². The molecule has 4 rings (SSSR count). The van der Waals surface area contributed by atoms with Crippen molar-refractivity contribution < 1.29 is 8.78 Å². The number of rotatable bonds is 2. The van der Waals surface area contributed by atoms with Crippen molar-refractivity contribution in [3.63, 3.8) is 0 Å². The third-order valence-corrected chi connectivity index (χ3v) is 5.17. The quantitative estimate of drug-likeness (QED) is 0.792. The van der Waals surface area contributed by atoms with Gasteiger partial charge in [0.25, 0.3) is 5.92 Å². The van der Waals surface area contributed by atoms with E-state index in [2.05, 4.69) is 16.7 Å². The summed E-state index contributed by atoms with van der Waals surface area (Å²) in [5, 5.41) is 5.29. The van der Waals surface area contributed by atoms with Crippen molar-refractivity contribution in [3.8, 4) is 0 Å². The van der Waals surface area contributed by atoms with Crippen molar-refractivity contribution in [2.75, 3.05) is 6.54 Å². The van der Waals surface area contributed by atoms with Gasteiger partial charge in [-0.3, -0.25) is 9.67 Å². The molecule has 1 aromatic rings. The van der Waals surface area contributed by atoms with E-state index in [1.54, 1.807) is 17.0 Å². The first-order chi connectivity index (χ1) is 10.9. The molecule has 0 bridgehead atoms. The monoisotopic (exact) mass is 335 g/mol. The van der Waals surface area contributed by atoms with E-state index in [1.165, 1.54) is 0 Å². The van der Waals surface area contributed by atoms with Gasteiger partial charge < -0.3 is 0 Å². The SMILES string of the molecule is C=CC1=C(Cl)C=C(c2cc3n(n2)C2(CN=C3)CC(F)(F)C2)CC1. The Hall–Kier alpha value is -1.75. The van der Waals surface area contributed by atoms with Crippen LogP contribution in [0.5, 0.6) is 0 Å². The van der Waals surface area contributed by atoms with Crippen LogP contribution in [-0.4, -0.2) is 28.5 Å². The van der Waals surface area contributed by atoms with Crippen LogP contribution in [0.1, 0.15) is 37.1 Å². The normalized spacial score (nSPS) is 24.2. The molecule has 1 fully saturated rings. The number of fused-ring (bicyclic) bond motifs is 2. The van der Waals surface area contributed by atoms with Crippen LogP contribution in [-0.2, 0) is 5.54 Å². The summed E-state index contributed by atoms with van der Waals surface area (Å²) < 4.78 is 28.6. The van der Waals surface area contributed by atoms with Gasteiger partial charge in [-0.1, -0.05) is 24.3 Å². The average molecular weight is 336 g/mol. The predicted molar refractivity (Wildman–Crippen MR) is 87.1 cm³/mol. The molecule has 0 radical (unpaired) electrons. The summed E-state index contributed by atoms with van der Waals surface area (Å²) >= 11 is 6.26. The second-order valence-corrected chi connectivity index (χ2v) is 6.92. The van der Waals surface area contributed by atoms with Crippen LogP contribution in [0, 0.1) is 0 Å². The molecule has 1 saturated carbocycles. The molecular formula is C17H16ClF2N3. The molecule has 0 atom stereocenters. The number of aliphatic imine (C=N–C) groups is 1. The van der Waals surface area contributed by atoms with Crippen LogP contribution in [0.15, 0.2) is 40.4 Å². The van der Waals surface area contributed by atoms with Crippen LogP contribution in [0.25, 0.3) is 5.57 Å². The first kappa shape index (κ1) is 14.8. The van der Waals surface area contributed by atoms with Crippen molar-refractivity contribution in [2.24, 2.45) is 4.99 Å². The second kappa shape index (κ2) is 4.87. The van der Waals surface area contributed by atoms with Gasteiger partial charge in [-0.25, -0.2) is 8.78 Å². The number of hydrogen-bond acceptors (Lipinski definition) is 2. The van der Waals surface area contributed by atoms with E-state index in [-0.39, 0.29) is 12.8 Å². The highest BCUT2D eigenvalue weighted by Gasteiger charge is 2.59. The number of alkyl halides is 2. The van der Waals surface area contributed by atoms with Gasteiger partial charge >= 0.3 is 0 Å². The Bertz CT molecular complexity index is 778. The lowest BCUT2D eigenvalue weighted by atomic mass is 9.73. The molecule has 0 saturated heterocycles. The van der Waals surface area contributed by atoms with Gasteiger partial charge in [-0.05, 0) is 36.1 Å². The topological polar surface area (TPSA) is 30.2 Å². The Labute approximate surface area is 138 Å². The lowest BCUT2D eigenvalue weighted by Gasteiger charge is -2.48. The van der Waals surface area contributed by atoms with Crippen LogP contribution in [0.4, 0.5) is 8.78 Å². The Morgan fingerprint density at radius 3 is 2.74 bits per heavy atom. The Morgan fingerprint density at radius 2 is 2.09 bits per heavy atom. The maximum absolute atomic E-state index is 13.4. The molecule has 2 heterocycles. The number of halogens is 3. The molecule has 6 heteroatoms. The molecule has 1 spiro atoms. The Balaban J connectivity index is 1.71. The molecular weight excluding hydrogens is 320 g/mol.